The van der Waals surface area contributed by atoms with E-state index in [1.165, 1.54) is 6.07 Å². The summed E-state index contributed by atoms with van der Waals surface area (Å²) in [6.07, 6.45) is 0.986. The van der Waals surface area contributed by atoms with Crippen molar-refractivity contribution < 1.29 is 4.79 Å². The van der Waals surface area contributed by atoms with Crippen molar-refractivity contribution in [2.24, 2.45) is 5.73 Å². The number of hydrogen-bond donors (Lipinski definition) is 2. The highest BCUT2D eigenvalue weighted by molar-refractivity contribution is 5.92. The van der Waals surface area contributed by atoms with E-state index < -0.39 is 0 Å². The molecule has 0 unspecified atom stereocenters. The first-order chi connectivity index (χ1) is 9.20. The number of aromatic nitrogens is 1. The second kappa shape index (κ2) is 6.49. The summed E-state index contributed by atoms with van der Waals surface area (Å²) < 4.78 is 0. The van der Waals surface area contributed by atoms with Crippen molar-refractivity contribution in [3.8, 4) is 0 Å². The van der Waals surface area contributed by atoms with Crippen LogP contribution in [-0.2, 0) is 0 Å². The van der Waals surface area contributed by atoms with Crippen LogP contribution in [0, 0.1) is 0 Å². The Kier molecular flexibility index (Phi) is 4.70. The minimum Gasteiger partial charge on any atom is -0.335 e. The van der Waals surface area contributed by atoms with Crippen LogP contribution < -0.4 is 11.3 Å². The van der Waals surface area contributed by atoms with Gasteiger partial charge in [0.25, 0.3) is 5.91 Å². The number of nitrogens with two attached hydrogens (primary N) is 1. The molecule has 1 aliphatic rings. The molecule has 0 spiro atoms. The van der Waals surface area contributed by atoms with Crippen LogP contribution in [-0.4, -0.2) is 60.0 Å². The van der Waals surface area contributed by atoms with Gasteiger partial charge in [0.05, 0.1) is 0 Å². The number of amides is 1. The highest BCUT2D eigenvalue weighted by Gasteiger charge is 2.22. The number of aromatic amines is 1. The summed E-state index contributed by atoms with van der Waals surface area (Å²) in [5.74, 6) is -0.101. The van der Waals surface area contributed by atoms with Crippen molar-refractivity contribution in [1.82, 2.24) is 14.8 Å². The Bertz CT molecular complexity index is 478. The van der Waals surface area contributed by atoms with Crippen molar-refractivity contribution in [2.75, 3.05) is 39.3 Å². The van der Waals surface area contributed by atoms with Crippen LogP contribution >= 0.6 is 0 Å². The topological polar surface area (TPSA) is 82.4 Å². The summed E-state index contributed by atoms with van der Waals surface area (Å²) in [6, 6.07) is 4.65. The molecule has 0 saturated carbocycles. The average molecular weight is 264 g/mol. The summed E-state index contributed by atoms with van der Waals surface area (Å²) in [4.78, 5) is 30.1. The molecule has 1 fully saturated rings. The standard InChI is InChI=1S/C13H20N4O2/c14-5-2-6-16-7-9-17(10-8-16)13(19)11-3-1-4-12(18)15-11/h1,3-4H,2,5-10,14H2,(H,15,18). The first-order valence-electron chi connectivity index (χ1n) is 6.62. The van der Waals surface area contributed by atoms with Crippen molar-refractivity contribution in [1.29, 1.82) is 0 Å². The van der Waals surface area contributed by atoms with Crippen molar-refractivity contribution >= 4 is 5.91 Å². The van der Waals surface area contributed by atoms with E-state index in [-0.39, 0.29) is 11.5 Å². The number of H-pyrrole nitrogens is 1. The molecule has 0 atom stereocenters. The predicted molar refractivity (Wildman–Crippen MR) is 73.1 cm³/mol. The summed E-state index contributed by atoms with van der Waals surface area (Å²) in [5, 5.41) is 0. The third kappa shape index (κ3) is 3.65. The Morgan fingerprint density at radius 3 is 2.63 bits per heavy atom. The molecular weight excluding hydrogens is 244 g/mol. The van der Waals surface area contributed by atoms with Crippen LogP contribution in [0.1, 0.15) is 16.9 Å². The predicted octanol–water partition coefficient (Wildman–Crippen LogP) is -0.518. The maximum atomic E-state index is 12.2. The number of rotatable bonds is 4. The van der Waals surface area contributed by atoms with E-state index in [2.05, 4.69) is 9.88 Å². The number of nitrogens with zero attached hydrogens (tertiary/aromatic N) is 2. The van der Waals surface area contributed by atoms with Crippen molar-refractivity contribution in [3.05, 3.63) is 34.2 Å². The lowest BCUT2D eigenvalue weighted by atomic mass is 10.2. The highest BCUT2D eigenvalue weighted by Crippen LogP contribution is 2.06. The van der Waals surface area contributed by atoms with E-state index in [4.69, 9.17) is 5.73 Å². The third-order valence-corrected chi connectivity index (χ3v) is 3.34. The largest absolute Gasteiger partial charge is 0.335 e. The van der Waals surface area contributed by atoms with Gasteiger partial charge in [0, 0.05) is 32.2 Å². The van der Waals surface area contributed by atoms with Crippen LogP contribution in [0.15, 0.2) is 23.0 Å². The zero-order chi connectivity index (χ0) is 13.7. The molecule has 0 radical (unpaired) electrons. The fraction of sp³-hybridized carbons (Fsp3) is 0.538. The fourth-order valence-electron chi connectivity index (χ4n) is 2.23. The maximum Gasteiger partial charge on any atom is 0.270 e. The van der Waals surface area contributed by atoms with Gasteiger partial charge < -0.3 is 15.6 Å². The van der Waals surface area contributed by atoms with Crippen LogP contribution in [0.25, 0.3) is 0 Å². The maximum absolute atomic E-state index is 12.2. The summed E-state index contributed by atoms with van der Waals surface area (Å²) in [5.41, 5.74) is 5.61. The van der Waals surface area contributed by atoms with Crippen molar-refractivity contribution in [3.63, 3.8) is 0 Å². The van der Waals surface area contributed by atoms with Gasteiger partial charge in [-0.25, -0.2) is 0 Å². The molecule has 1 amide bonds. The molecule has 0 bridgehead atoms. The molecule has 19 heavy (non-hydrogen) atoms. The molecule has 1 aromatic rings. The first-order valence-corrected chi connectivity index (χ1v) is 6.62. The van der Waals surface area contributed by atoms with Gasteiger partial charge in [-0.1, -0.05) is 6.07 Å². The quantitative estimate of drug-likeness (QED) is 0.767. The highest BCUT2D eigenvalue weighted by atomic mass is 16.2. The Morgan fingerprint density at radius 1 is 1.26 bits per heavy atom. The average Bonchev–Trinajstić information content (AvgIpc) is 2.45. The molecule has 0 aromatic carbocycles. The third-order valence-electron chi connectivity index (χ3n) is 3.34. The summed E-state index contributed by atoms with van der Waals surface area (Å²) in [7, 11) is 0. The molecule has 3 N–H and O–H groups in total. The molecule has 1 aromatic heterocycles. The Labute approximate surface area is 112 Å². The molecule has 6 nitrogen and oxygen atoms in total. The lowest BCUT2D eigenvalue weighted by molar-refractivity contribution is 0.0630. The van der Waals surface area contributed by atoms with Crippen LogP contribution in [0.3, 0.4) is 0 Å². The fourth-order valence-corrected chi connectivity index (χ4v) is 2.23. The SMILES string of the molecule is NCCCN1CCN(C(=O)c2cccc(=O)[nH]2)CC1. The van der Waals surface area contributed by atoms with Gasteiger partial charge in [0.15, 0.2) is 0 Å². The second-order valence-electron chi connectivity index (χ2n) is 4.70. The Hall–Kier alpha value is -1.66. The van der Waals surface area contributed by atoms with E-state index in [1.54, 1.807) is 17.0 Å². The Morgan fingerprint density at radius 2 is 2.00 bits per heavy atom. The number of carbonyl (C=O) groups excluding carboxylic acids is 1. The lowest BCUT2D eigenvalue weighted by Crippen LogP contribution is -2.49. The molecule has 2 heterocycles. The van der Waals surface area contributed by atoms with Crippen LogP contribution in [0.4, 0.5) is 0 Å². The number of carbonyl (C=O) groups is 1. The van der Waals surface area contributed by atoms with Gasteiger partial charge >= 0.3 is 0 Å². The molecular formula is C13H20N4O2. The normalized spacial score (nSPS) is 16.6. The number of piperazine rings is 1. The van der Waals surface area contributed by atoms with Gasteiger partial charge in [-0.3, -0.25) is 14.5 Å². The molecule has 2 rings (SSSR count). The lowest BCUT2D eigenvalue weighted by Gasteiger charge is -2.34. The smallest absolute Gasteiger partial charge is 0.270 e. The van der Waals surface area contributed by atoms with Crippen LogP contribution in [0.5, 0.6) is 0 Å². The van der Waals surface area contributed by atoms with E-state index in [1.807, 2.05) is 0 Å². The van der Waals surface area contributed by atoms with E-state index >= 15 is 0 Å². The molecule has 0 aliphatic carbocycles. The summed E-state index contributed by atoms with van der Waals surface area (Å²) in [6.45, 7) is 4.80. The monoisotopic (exact) mass is 264 g/mol. The zero-order valence-electron chi connectivity index (χ0n) is 11.0. The van der Waals surface area contributed by atoms with Gasteiger partial charge in [-0.05, 0) is 25.6 Å². The molecule has 1 saturated heterocycles. The van der Waals surface area contributed by atoms with E-state index in [9.17, 15) is 9.59 Å². The molecule has 1 aliphatic heterocycles. The van der Waals surface area contributed by atoms with Gasteiger partial charge in [-0.15, -0.1) is 0 Å². The van der Waals surface area contributed by atoms with E-state index in [0.717, 1.165) is 26.1 Å². The molecule has 6 heteroatoms. The minimum absolute atomic E-state index is 0.101. The van der Waals surface area contributed by atoms with Gasteiger partial charge in [0.2, 0.25) is 5.56 Å². The Balaban J connectivity index is 1.91. The van der Waals surface area contributed by atoms with Gasteiger partial charge in [0.1, 0.15) is 5.69 Å². The van der Waals surface area contributed by atoms with Crippen LogP contribution in [0.2, 0.25) is 0 Å². The second-order valence-corrected chi connectivity index (χ2v) is 4.70. The number of hydrogen-bond acceptors (Lipinski definition) is 4. The summed E-state index contributed by atoms with van der Waals surface area (Å²) >= 11 is 0. The first kappa shape index (κ1) is 13.8. The van der Waals surface area contributed by atoms with Gasteiger partial charge in [-0.2, -0.15) is 0 Å². The zero-order valence-corrected chi connectivity index (χ0v) is 11.0. The van der Waals surface area contributed by atoms with E-state index in [0.29, 0.717) is 25.3 Å². The number of pyridine rings is 1. The molecule has 104 valence electrons. The van der Waals surface area contributed by atoms with Crippen molar-refractivity contribution in [2.45, 2.75) is 6.42 Å². The number of nitrogens with one attached hydrogen (secondary N) is 1. The minimum atomic E-state index is -0.243.